The Kier molecular flexibility index (Phi) is 10.1. The number of carbonyl (C=O) groups excluding carboxylic acids is 1. The van der Waals surface area contributed by atoms with Gasteiger partial charge in [0.1, 0.15) is 18.1 Å². The molecule has 1 amide bonds. The summed E-state index contributed by atoms with van der Waals surface area (Å²) >= 11 is 1.56. The van der Waals surface area contributed by atoms with Gasteiger partial charge in [-0.2, -0.15) is 0 Å². The fourth-order valence-electron chi connectivity index (χ4n) is 4.90. The van der Waals surface area contributed by atoms with Gasteiger partial charge in [-0.05, 0) is 30.9 Å². The smallest absolute Gasteiger partial charge is 0.305 e. The fraction of sp³-hybridized carbons (Fsp3) is 0.607. The van der Waals surface area contributed by atoms with Gasteiger partial charge < -0.3 is 24.2 Å². The second-order valence-corrected chi connectivity index (χ2v) is 11.2. The van der Waals surface area contributed by atoms with E-state index in [1.165, 1.54) is 0 Å². The lowest BCUT2D eigenvalue weighted by Crippen LogP contribution is -2.58. The molecule has 1 spiro atoms. The average molecular weight is 546 g/mol. The molecule has 2 aromatic rings. The van der Waals surface area contributed by atoms with Crippen molar-refractivity contribution in [3.63, 3.8) is 0 Å². The minimum atomic E-state index is -0.853. The topological polar surface area (TPSA) is 101 Å². The first-order valence-corrected chi connectivity index (χ1v) is 14.3. The van der Waals surface area contributed by atoms with E-state index in [1.54, 1.807) is 11.3 Å². The highest BCUT2D eigenvalue weighted by atomic mass is 32.1. The maximum absolute atomic E-state index is 13.1. The number of carbonyl (C=O) groups is 2. The number of piperidine rings is 1. The highest BCUT2D eigenvalue weighted by Crippen LogP contribution is 2.31. The Hall–Kier alpha value is -2.53. The summed E-state index contributed by atoms with van der Waals surface area (Å²) in [6, 6.07) is 7.91. The molecular weight excluding hydrogens is 506 g/mol. The lowest BCUT2D eigenvalue weighted by Gasteiger charge is -2.47. The lowest BCUT2D eigenvalue weighted by molar-refractivity contribution is -0.138. The zero-order chi connectivity index (χ0) is 27.0. The zero-order valence-electron chi connectivity index (χ0n) is 22.4. The largest absolute Gasteiger partial charge is 0.492 e. The molecule has 1 N–H and O–H groups in total. The Balaban J connectivity index is 1.20. The van der Waals surface area contributed by atoms with Crippen molar-refractivity contribution < 1.29 is 28.9 Å². The van der Waals surface area contributed by atoms with Gasteiger partial charge in [0, 0.05) is 37.5 Å². The number of carboxylic acids is 1. The molecule has 1 aromatic heterocycles. The van der Waals surface area contributed by atoms with Crippen LogP contribution in [0.5, 0.6) is 5.75 Å². The second-order valence-electron chi connectivity index (χ2n) is 10.3. The van der Waals surface area contributed by atoms with E-state index in [0.717, 1.165) is 48.8 Å². The van der Waals surface area contributed by atoms with E-state index in [0.29, 0.717) is 50.9 Å². The van der Waals surface area contributed by atoms with Crippen molar-refractivity contribution in [1.82, 2.24) is 14.8 Å². The van der Waals surface area contributed by atoms with Crippen molar-refractivity contribution in [2.24, 2.45) is 0 Å². The minimum Gasteiger partial charge on any atom is -0.492 e. The van der Waals surface area contributed by atoms with Crippen molar-refractivity contribution in [2.75, 3.05) is 59.2 Å². The summed E-state index contributed by atoms with van der Waals surface area (Å²) < 4.78 is 17.8. The summed E-state index contributed by atoms with van der Waals surface area (Å²) in [4.78, 5) is 32.6. The third-order valence-electron chi connectivity index (χ3n) is 7.15. The molecule has 3 heterocycles. The normalized spacial score (nSPS) is 17.7. The summed E-state index contributed by atoms with van der Waals surface area (Å²) in [6.07, 6.45) is 2.46. The molecule has 0 radical (unpaired) electrons. The first-order chi connectivity index (χ1) is 18.3. The SMILES string of the molecule is CC(C)c1nc(C(=O)N2CCOC3(CCN(CCOc4ccccc4CCOCCC(=O)O)CC3)C2)cs1. The summed E-state index contributed by atoms with van der Waals surface area (Å²) in [5.74, 6) is 0.325. The molecule has 2 fully saturated rings. The van der Waals surface area contributed by atoms with Crippen LogP contribution < -0.4 is 4.74 Å². The molecule has 208 valence electrons. The Morgan fingerprint density at radius 2 is 1.95 bits per heavy atom. The van der Waals surface area contributed by atoms with E-state index in [4.69, 9.17) is 19.3 Å². The molecule has 10 heteroatoms. The van der Waals surface area contributed by atoms with E-state index >= 15 is 0 Å². The molecular formula is C28H39N3O6S. The number of carboxylic acid groups (broad SMARTS) is 1. The summed E-state index contributed by atoms with van der Waals surface area (Å²) in [5, 5.41) is 11.6. The van der Waals surface area contributed by atoms with E-state index in [1.807, 2.05) is 34.5 Å². The molecule has 9 nitrogen and oxygen atoms in total. The van der Waals surface area contributed by atoms with Gasteiger partial charge in [0.15, 0.2) is 0 Å². The zero-order valence-corrected chi connectivity index (χ0v) is 23.2. The quantitative estimate of drug-likeness (QED) is 0.403. The Morgan fingerprint density at radius 1 is 1.16 bits per heavy atom. The molecule has 2 aliphatic rings. The number of ether oxygens (including phenoxy) is 3. The van der Waals surface area contributed by atoms with Crippen LogP contribution >= 0.6 is 11.3 Å². The van der Waals surface area contributed by atoms with Crippen LogP contribution in [0.4, 0.5) is 0 Å². The fourth-order valence-corrected chi connectivity index (χ4v) is 5.71. The number of likely N-dealkylation sites (tertiary alicyclic amines) is 1. The van der Waals surface area contributed by atoms with Gasteiger partial charge in [0.25, 0.3) is 5.91 Å². The Labute approximate surface area is 228 Å². The number of rotatable bonds is 12. The number of benzene rings is 1. The van der Waals surface area contributed by atoms with Gasteiger partial charge in [0.05, 0.1) is 43.4 Å². The third kappa shape index (κ3) is 7.75. The molecule has 0 unspecified atom stereocenters. The van der Waals surface area contributed by atoms with Crippen molar-refractivity contribution in [3.8, 4) is 5.75 Å². The van der Waals surface area contributed by atoms with Crippen LogP contribution in [-0.2, 0) is 20.7 Å². The first-order valence-electron chi connectivity index (χ1n) is 13.5. The maximum atomic E-state index is 13.1. The molecule has 2 aliphatic heterocycles. The van der Waals surface area contributed by atoms with Gasteiger partial charge >= 0.3 is 5.97 Å². The summed E-state index contributed by atoms with van der Waals surface area (Å²) in [7, 11) is 0. The van der Waals surface area contributed by atoms with Crippen LogP contribution in [0.2, 0.25) is 0 Å². The number of aromatic nitrogens is 1. The number of thiazole rings is 1. The predicted octanol–water partition coefficient (Wildman–Crippen LogP) is 3.69. The molecule has 0 atom stereocenters. The molecule has 0 aliphatic carbocycles. The van der Waals surface area contributed by atoms with Gasteiger partial charge in [0.2, 0.25) is 0 Å². The number of hydrogen-bond acceptors (Lipinski definition) is 8. The van der Waals surface area contributed by atoms with Gasteiger partial charge in [-0.15, -0.1) is 11.3 Å². The van der Waals surface area contributed by atoms with Crippen LogP contribution in [0.3, 0.4) is 0 Å². The van der Waals surface area contributed by atoms with Crippen LogP contribution in [0.15, 0.2) is 29.6 Å². The van der Waals surface area contributed by atoms with Crippen LogP contribution in [0.1, 0.15) is 60.1 Å². The number of aliphatic carboxylic acids is 1. The highest BCUT2D eigenvalue weighted by molar-refractivity contribution is 7.09. The van der Waals surface area contributed by atoms with Crippen molar-refractivity contribution in [3.05, 3.63) is 45.9 Å². The molecule has 0 bridgehead atoms. The van der Waals surface area contributed by atoms with Gasteiger partial charge in [-0.1, -0.05) is 32.0 Å². The van der Waals surface area contributed by atoms with E-state index in [2.05, 4.69) is 23.7 Å². The lowest BCUT2D eigenvalue weighted by atomic mass is 9.89. The van der Waals surface area contributed by atoms with Crippen LogP contribution in [0, 0.1) is 0 Å². The summed E-state index contributed by atoms with van der Waals surface area (Å²) in [6.45, 7) is 9.86. The average Bonchev–Trinajstić information content (AvgIpc) is 3.41. The number of morpholine rings is 1. The maximum Gasteiger partial charge on any atom is 0.305 e. The molecule has 1 aromatic carbocycles. The Morgan fingerprint density at radius 3 is 2.68 bits per heavy atom. The highest BCUT2D eigenvalue weighted by Gasteiger charge is 2.41. The van der Waals surface area contributed by atoms with Crippen molar-refractivity contribution in [1.29, 1.82) is 0 Å². The van der Waals surface area contributed by atoms with E-state index < -0.39 is 5.97 Å². The standard InChI is InChI=1S/C28H39N3O6S/c1-21(2)26-29-23(19-38-26)27(34)31-14-18-37-28(20-31)9-11-30(12-10-28)13-17-36-24-6-4-3-5-22(24)7-15-35-16-8-25(32)33/h3-6,19,21H,7-18,20H2,1-2H3,(H,32,33). The third-order valence-corrected chi connectivity index (χ3v) is 8.30. The number of hydrogen-bond donors (Lipinski definition) is 1. The minimum absolute atomic E-state index is 0.0117. The number of para-hydroxylation sites is 1. The van der Waals surface area contributed by atoms with Gasteiger partial charge in [-0.3, -0.25) is 14.5 Å². The van der Waals surface area contributed by atoms with E-state index in [-0.39, 0.29) is 24.5 Å². The predicted molar refractivity (Wildman–Crippen MR) is 145 cm³/mol. The van der Waals surface area contributed by atoms with Gasteiger partial charge in [-0.25, -0.2) is 4.98 Å². The van der Waals surface area contributed by atoms with Crippen molar-refractivity contribution in [2.45, 2.75) is 51.0 Å². The molecule has 2 saturated heterocycles. The molecule has 4 rings (SSSR count). The van der Waals surface area contributed by atoms with Crippen LogP contribution in [-0.4, -0.2) is 96.5 Å². The van der Waals surface area contributed by atoms with Crippen LogP contribution in [0.25, 0.3) is 0 Å². The second kappa shape index (κ2) is 13.5. The molecule has 0 saturated carbocycles. The summed E-state index contributed by atoms with van der Waals surface area (Å²) in [5.41, 5.74) is 1.33. The van der Waals surface area contributed by atoms with E-state index in [9.17, 15) is 9.59 Å². The number of nitrogens with zero attached hydrogens (tertiary/aromatic N) is 3. The Bertz CT molecular complexity index is 1070. The number of amides is 1. The van der Waals surface area contributed by atoms with Crippen molar-refractivity contribution >= 4 is 23.2 Å². The molecule has 38 heavy (non-hydrogen) atoms. The first kappa shape index (κ1) is 28.5. The monoisotopic (exact) mass is 545 g/mol.